The molecule has 0 aromatic heterocycles. The third-order valence-electron chi connectivity index (χ3n) is 4.54. The summed E-state index contributed by atoms with van der Waals surface area (Å²) in [4.78, 5) is 24.2. The second-order valence-electron chi connectivity index (χ2n) is 6.65. The zero-order valence-electron chi connectivity index (χ0n) is 15.1. The van der Waals surface area contributed by atoms with Crippen LogP contribution in [0.1, 0.15) is 41.6 Å². The monoisotopic (exact) mass is 368 g/mol. The lowest BCUT2D eigenvalue weighted by atomic mass is 10.2. The minimum atomic E-state index is -0.473. The van der Waals surface area contributed by atoms with Gasteiger partial charge in [-0.15, -0.1) is 0 Å². The Morgan fingerprint density at radius 3 is 2.56 bits per heavy atom. The fraction of sp³-hybridized carbons (Fsp3) is 0.333. The van der Waals surface area contributed by atoms with Gasteiger partial charge in [0.2, 0.25) is 0 Å². The molecular weight excluding hydrogens is 344 g/mol. The molecule has 0 spiro atoms. The first-order chi connectivity index (χ1) is 13.1. The molecule has 6 heteroatoms. The Morgan fingerprint density at radius 1 is 1.07 bits per heavy atom. The maximum Gasteiger partial charge on any atom is 0.338 e. The van der Waals surface area contributed by atoms with Gasteiger partial charge in [-0.25, -0.2) is 4.79 Å². The van der Waals surface area contributed by atoms with Gasteiger partial charge in [-0.2, -0.15) is 0 Å². The number of benzene rings is 2. The van der Waals surface area contributed by atoms with Crippen molar-refractivity contribution in [1.82, 2.24) is 5.32 Å². The van der Waals surface area contributed by atoms with Crippen LogP contribution in [0.3, 0.4) is 0 Å². The maximum atomic E-state index is 12.3. The van der Waals surface area contributed by atoms with Crippen LogP contribution in [-0.2, 0) is 16.1 Å². The van der Waals surface area contributed by atoms with Crippen molar-refractivity contribution in [2.24, 2.45) is 0 Å². The number of hydrogen-bond donors (Lipinski definition) is 2. The Labute approximate surface area is 158 Å². The molecular formula is C21H24N2O4. The molecule has 27 heavy (non-hydrogen) atoms. The second kappa shape index (κ2) is 9.07. The van der Waals surface area contributed by atoms with Crippen molar-refractivity contribution in [1.29, 1.82) is 0 Å². The molecule has 0 radical (unpaired) electrons. The van der Waals surface area contributed by atoms with E-state index < -0.39 is 5.97 Å². The van der Waals surface area contributed by atoms with Crippen LogP contribution in [0.4, 0.5) is 5.69 Å². The van der Waals surface area contributed by atoms with E-state index in [0.717, 1.165) is 31.2 Å². The summed E-state index contributed by atoms with van der Waals surface area (Å²) in [7, 11) is 0. The molecule has 0 atom stereocenters. The standard InChI is InChI=1S/C21H24N2O4/c22-18-11-10-16(21(25)27-13-15-6-2-1-3-7-15)12-19(18)26-14-20(24)23-17-8-4-5-9-17/h1-3,6-7,10-12,17H,4-5,8-9,13-14,22H2,(H,23,24). The summed E-state index contributed by atoms with van der Waals surface area (Å²) in [6, 6.07) is 14.3. The van der Waals surface area contributed by atoms with E-state index in [4.69, 9.17) is 15.2 Å². The molecule has 2 aromatic carbocycles. The number of nitrogens with two attached hydrogens (primary N) is 1. The van der Waals surface area contributed by atoms with Crippen LogP contribution in [0.5, 0.6) is 5.75 Å². The summed E-state index contributed by atoms with van der Waals surface area (Å²) < 4.78 is 10.8. The molecule has 0 heterocycles. The highest BCUT2D eigenvalue weighted by Crippen LogP contribution is 2.24. The number of nitrogen functional groups attached to an aromatic ring is 1. The third-order valence-corrected chi connectivity index (χ3v) is 4.54. The number of amides is 1. The third kappa shape index (κ3) is 5.48. The van der Waals surface area contributed by atoms with E-state index in [0.29, 0.717) is 17.0 Å². The zero-order chi connectivity index (χ0) is 19.1. The van der Waals surface area contributed by atoms with Crippen LogP contribution in [0, 0.1) is 0 Å². The van der Waals surface area contributed by atoms with E-state index in [1.54, 1.807) is 12.1 Å². The predicted octanol–water partition coefficient (Wildman–Crippen LogP) is 3.06. The summed E-state index contributed by atoms with van der Waals surface area (Å²) >= 11 is 0. The van der Waals surface area contributed by atoms with Crippen LogP contribution in [0.2, 0.25) is 0 Å². The Bertz CT molecular complexity index is 786. The molecule has 0 bridgehead atoms. The highest BCUT2D eigenvalue weighted by molar-refractivity contribution is 5.90. The van der Waals surface area contributed by atoms with E-state index in [2.05, 4.69) is 5.32 Å². The first-order valence-electron chi connectivity index (χ1n) is 9.14. The molecule has 6 nitrogen and oxygen atoms in total. The number of anilines is 1. The number of ether oxygens (including phenoxy) is 2. The molecule has 0 unspecified atom stereocenters. The average molecular weight is 368 g/mol. The summed E-state index contributed by atoms with van der Waals surface area (Å²) in [6.45, 7) is 0.0489. The molecule has 3 rings (SSSR count). The van der Waals surface area contributed by atoms with Gasteiger partial charge >= 0.3 is 5.97 Å². The fourth-order valence-corrected chi connectivity index (χ4v) is 3.08. The summed E-state index contributed by atoms with van der Waals surface area (Å²) in [5.74, 6) is -0.358. The first-order valence-corrected chi connectivity index (χ1v) is 9.14. The van der Waals surface area contributed by atoms with Gasteiger partial charge in [0, 0.05) is 6.04 Å². The molecule has 1 amide bonds. The van der Waals surface area contributed by atoms with Crippen molar-refractivity contribution < 1.29 is 19.1 Å². The maximum absolute atomic E-state index is 12.3. The molecule has 3 N–H and O–H groups in total. The molecule has 1 aliphatic rings. The van der Waals surface area contributed by atoms with Crippen LogP contribution in [0.15, 0.2) is 48.5 Å². The van der Waals surface area contributed by atoms with E-state index in [1.165, 1.54) is 6.07 Å². The first kappa shape index (κ1) is 18.8. The molecule has 0 aliphatic heterocycles. The summed E-state index contributed by atoms with van der Waals surface area (Å²) in [5.41, 5.74) is 7.49. The van der Waals surface area contributed by atoms with Gasteiger partial charge in [-0.3, -0.25) is 4.79 Å². The van der Waals surface area contributed by atoms with Gasteiger partial charge in [-0.05, 0) is 36.6 Å². The number of carbonyl (C=O) groups excluding carboxylic acids is 2. The number of hydrogen-bond acceptors (Lipinski definition) is 5. The van der Waals surface area contributed by atoms with Gasteiger partial charge in [0.05, 0.1) is 11.3 Å². The van der Waals surface area contributed by atoms with Crippen molar-refractivity contribution in [2.75, 3.05) is 12.3 Å². The Balaban J connectivity index is 1.54. The average Bonchev–Trinajstić information content (AvgIpc) is 3.19. The fourth-order valence-electron chi connectivity index (χ4n) is 3.08. The van der Waals surface area contributed by atoms with Crippen molar-refractivity contribution in [3.8, 4) is 5.75 Å². The van der Waals surface area contributed by atoms with Crippen LogP contribution < -0.4 is 15.8 Å². The number of nitrogens with one attached hydrogen (secondary N) is 1. The highest BCUT2D eigenvalue weighted by Gasteiger charge is 2.18. The van der Waals surface area contributed by atoms with E-state index in [-0.39, 0.29) is 25.2 Å². The van der Waals surface area contributed by atoms with Crippen LogP contribution in [-0.4, -0.2) is 24.5 Å². The van der Waals surface area contributed by atoms with Crippen LogP contribution in [0.25, 0.3) is 0 Å². The topological polar surface area (TPSA) is 90.7 Å². The molecule has 0 saturated heterocycles. The number of carbonyl (C=O) groups is 2. The molecule has 142 valence electrons. The van der Waals surface area contributed by atoms with Crippen molar-refractivity contribution in [3.63, 3.8) is 0 Å². The Hall–Kier alpha value is -3.02. The van der Waals surface area contributed by atoms with E-state index in [9.17, 15) is 9.59 Å². The minimum absolute atomic E-state index is 0.136. The normalized spacial score (nSPS) is 13.9. The molecule has 2 aromatic rings. The van der Waals surface area contributed by atoms with Crippen molar-refractivity contribution >= 4 is 17.6 Å². The van der Waals surface area contributed by atoms with Gasteiger partial charge < -0.3 is 20.5 Å². The largest absolute Gasteiger partial charge is 0.482 e. The second-order valence-corrected chi connectivity index (χ2v) is 6.65. The quantitative estimate of drug-likeness (QED) is 0.579. The Morgan fingerprint density at radius 2 is 1.81 bits per heavy atom. The lowest BCUT2D eigenvalue weighted by Crippen LogP contribution is -2.36. The molecule has 1 saturated carbocycles. The smallest absolute Gasteiger partial charge is 0.338 e. The molecule has 1 fully saturated rings. The minimum Gasteiger partial charge on any atom is -0.482 e. The lowest BCUT2D eigenvalue weighted by molar-refractivity contribution is -0.123. The van der Waals surface area contributed by atoms with E-state index >= 15 is 0 Å². The number of esters is 1. The number of rotatable bonds is 7. The molecule has 1 aliphatic carbocycles. The van der Waals surface area contributed by atoms with E-state index in [1.807, 2.05) is 30.3 Å². The van der Waals surface area contributed by atoms with Gasteiger partial charge in [0.25, 0.3) is 5.91 Å². The van der Waals surface area contributed by atoms with Gasteiger partial charge in [-0.1, -0.05) is 43.2 Å². The summed E-state index contributed by atoms with van der Waals surface area (Å²) in [6.07, 6.45) is 4.31. The van der Waals surface area contributed by atoms with Gasteiger partial charge in [0.15, 0.2) is 6.61 Å². The predicted molar refractivity (Wildman–Crippen MR) is 102 cm³/mol. The van der Waals surface area contributed by atoms with Crippen molar-refractivity contribution in [3.05, 3.63) is 59.7 Å². The summed E-state index contributed by atoms with van der Waals surface area (Å²) in [5, 5.41) is 2.95. The SMILES string of the molecule is Nc1ccc(C(=O)OCc2ccccc2)cc1OCC(=O)NC1CCCC1. The Kier molecular flexibility index (Phi) is 6.30. The highest BCUT2D eigenvalue weighted by atomic mass is 16.5. The lowest BCUT2D eigenvalue weighted by Gasteiger charge is -2.14. The van der Waals surface area contributed by atoms with Crippen LogP contribution >= 0.6 is 0 Å². The zero-order valence-corrected chi connectivity index (χ0v) is 15.1. The van der Waals surface area contributed by atoms with Crippen molar-refractivity contribution in [2.45, 2.75) is 38.3 Å². The van der Waals surface area contributed by atoms with Gasteiger partial charge in [0.1, 0.15) is 12.4 Å².